The molecule has 3 heteroatoms. The van der Waals surface area contributed by atoms with E-state index in [-0.39, 0.29) is 0 Å². The number of hydrogen-bond acceptors (Lipinski definition) is 3. The number of nitrogens with two attached hydrogens (primary N) is 1. The first-order chi connectivity index (χ1) is 7.15. The third-order valence-electron chi connectivity index (χ3n) is 2.85. The van der Waals surface area contributed by atoms with E-state index in [2.05, 4.69) is 24.0 Å². The number of nitrogens with zero attached hydrogens (tertiary/aromatic N) is 1. The van der Waals surface area contributed by atoms with E-state index in [0.29, 0.717) is 11.3 Å². The van der Waals surface area contributed by atoms with Crippen molar-refractivity contribution in [1.82, 2.24) is 4.98 Å². The Morgan fingerprint density at radius 1 is 1.33 bits per heavy atom. The lowest BCUT2D eigenvalue weighted by molar-refractivity contribution is 0.715. The van der Waals surface area contributed by atoms with Crippen molar-refractivity contribution in [2.24, 2.45) is 5.73 Å². The van der Waals surface area contributed by atoms with Crippen LogP contribution in [0.2, 0.25) is 0 Å². The lowest BCUT2D eigenvalue weighted by atomic mass is 10.2. The molecule has 1 aromatic heterocycles. The van der Waals surface area contributed by atoms with Gasteiger partial charge in [0.2, 0.25) is 0 Å². The van der Waals surface area contributed by atoms with Crippen LogP contribution in [-0.4, -0.2) is 16.3 Å². The van der Waals surface area contributed by atoms with Crippen LogP contribution < -0.4 is 5.73 Å². The summed E-state index contributed by atoms with van der Waals surface area (Å²) in [4.78, 5) is 4.54. The Kier molecular flexibility index (Phi) is 3.32. The number of hydrogen-bond donors (Lipinski definition) is 1. The fourth-order valence-corrected chi connectivity index (χ4v) is 3.48. The van der Waals surface area contributed by atoms with Crippen LogP contribution in [0.25, 0.3) is 0 Å². The van der Waals surface area contributed by atoms with E-state index in [1.807, 2.05) is 18.7 Å². The molecule has 2 rings (SSSR count). The molecule has 0 radical (unpaired) electrons. The molecule has 1 saturated carbocycles. The molecule has 0 bridgehead atoms. The molecule has 0 spiro atoms. The average molecular weight is 222 g/mol. The van der Waals surface area contributed by atoms with Crippen LogP contribution in [0.4, 0.5) is 0 Å². The van der Waals surface area contributed by atoms with Crippen molar-refractivity contribution >= 4 is 11.8 Å². The van der Waals surface area contributed by atoms with Crippen molar-refractivity contribution in [2.75, 3.05) is 0 Å². The summed E-state index contributed by atoms with van der Waals surface area (Å²) in [5, 5.41) is 1.70. The van der Waals surface area contributed by atoms with Crippen molar-refractivity contribution in [3.8, 4) is 0 Å². The van der Waals surface area contributed by atoms with Gasteiger partial charge in [-0.15, -0.1) is 11.8 Å². The Bertz CT molecular complexity index is 331. The van der Waals surface area contributed by atoms with Crippen LogP contribution in [0.1, 0.15) is 30.5 Å². The maximum Gasteiger partial charge on any atom is 0.0968 e. The van der Waals surface area contributed by atoms with Gasteiger partial charge in [0.15, 0.2) is 0 Å². The highest BCUT2D eigenvalue weighted by atomic mass is 32.2. The predicted molar refractivity (Wildman–Crippen MR) is 65.2 cm³/mol. The third kappa shape index (κ3) is 2.73. The van der Waals surface area contributed by atoms with Crippen LogP contribution in [0.3, 0.4) is 0 Å². The largest absolute Gasteiger partial charge is 0.327 e. The Morgan fingerprint density at radius 2 is 2.13 bits per heavy atom. The Hall–Kier alpha value is -0.540. The van der Waals surface area contributed by atoms with Crippen molar-refractivity contribution in [3.05, 3.63) is 23.4 Å². The van der Waals surface area contributed by atoms with Gasteiger partial charge >= 0.3 is 0 Å². The zero-order chi connectivity index (χ0) is 10.8. The lowest BCUT2D eigenvalue weighted by Gasteiger charge is -2.14. The summed E-state index contributed by atoms with van der Waals surface area (Å²) in [5.41, 5.74) is 8.44. The molecular weight excluding hydrogens is 204 g/mol. The predicted octanol–water partition coefficient (Wildman–Crippen LogP) is 2.67. The summed E-state index contributed by atoms with van der Waals surface area (Å²) in [6.45, 7) is 4.17. The smallest absolute Gasteiger partial charge is 0.0968 e. The first-order valence-electron chi connectivity index (χ1n) is 5.52. The summed E-state index contributed by atoms with van der Waals surface area (Å²) in [7, 11) is 0. The van der Waals surface area contributed by atoms with Gasteiger partial charge in [-0.05, 0) is 44.4 Å². The molecule has 0 saturated heterocycles. The summed E-state index contributed by atoms with van der Waals surface area (Å²) in [6, 6.07) is 4.62. The number of aromatic nitrogens is 1. The molecule has 2 N–H and O–H groups in total. The maximum absolute atomic E-state index is 6.05. The zero-order valence-electron chi connectivity index (χ0n) is 9.36. The fraction of sp³-hybridized carbons (Fsp3) is 0.583. The average Bonchev–Trinajstić information content (AvgIpc) is 2.50. The van der Waals surface area contributed by atoms with Crippen LogP contribution in [0, 0.1) is 13.8 Å². The highest BCUT2D eigenvalue weighted by Crippen LogP contribution is 2.33. The summed E-state index contributed by atoms with van der Waals surface area (Å²) < 4.78 is 0. The number of thioether (sulfide) groups is 1. The first-order valence-corrected chi connectivity index (χ1v) is 6.40. The molecule has 15 heavy (non-hydrogen) atoms. The molecule has 0 amide bonds. The molecule has 2 unspecified atom stereocenters. The minimum atomic E-state index is 0.359. The van der Waals surface area contributed by atoms with E-state index < -0.39 is 0 Å². The van der Waals surface area contributed by atoms with Crippen molar-refractivity contribution in [1.29, 1.82) is 0 Å². The Labute approximate surface area is 95.7 Å². The van der Waals surface area contributed by atoms with E-state index in [9.17, 15) is 0 Å². The van der Waals surface area contributed by atoms with Gasteiger partial charge in [-0.2, -0.15) is 0 Å². The zero-order valence-corrected chi connectivity index (χ0v) is 10.2. The SMILES string of the molecule is Cc1cc(C)nc(SC2CCCC2N)c1. The van der Waals surface area contributed by atoms with E-state index >= 15 is 0 Å². The van der Waals surface area contributed by atoms with Crippen LogP contribution in [0.15, 0.2) is 17.2 Å². The molecule has 1 heterocycles. The second-order valence-corrected chi connectivity index (χ2v) is 5.63. The molecule has 82 valence electrons. The molecule has 0 aromatic carbocycles. The van der Waals surface area contributed by atoms with Crippen molar-refractivity contribution < 1.29 is 0 Å². The fourth-order valence-electron chi connectivity index (χ4n) is 2.12. The minimum Gasteiger partial charge on any atom is -0.327 e. The quantitative estimate of drug-likeness (QED) is 0.836. The third-order valence-corrected chi connectivity index (χ3v) is 4.19. The van der Waals surface area contributed by atoms with Gasteiger partial charge in [-0.25, -0.2) is 4.98 Å². The Morgan fingerprint density at radius 3 is 2.73 bits per heavy atom. The summed E-state index contributed by atoms with van der Waals surface area (Å²) in [6.07, 6.45) is 3.67. The van der Waals surface area contributed by atoms with Crippen LogP contribution in [0.5, 0.6) is 0 Å². The van der Waals surface area contributed by atoms with Crippen molar-refractivity contribution in [2.45, 2.75) is 49.4 Å². The van der Waals surface area contributed by atoms with Gasteiger partial charge < -0.3 is 5.73 Å². The Balaban J connectivity index is 2.10. The highest BCUT2D eigenvalue weighted by Gasteiger charge is 2.25. The lowest BCUT2D eigenvalue weighted by Crippen LogP contribution is -2.26. The normalized spacial score (nSPS) is 25.8. The monoisotopic (exact) mass is 222 g/mol. The van der Waals surface area contributed by atoms with Gasteiger partial charge in [-0.3, -0.25) is 0 Å². The molecule has 1 fully saturated rings. The highest BCUT2D eigenvalue weighted by molar-refractivity contribution is 7.99. The van der Waals surface area contributed by atoms with E-state index in [4.69, 9.17) is 5.73 Å². The van der Waals surface area contributed by atoms with Crippen LogP contribution in [-0.2, 0) is 0 Å². The van der Waals surface area contributed by atoms with Gasteiger partial charge in [0, 0.05) is 17.0 Å². The number of pyridine rings is 1. The summed E-state index contributed by atoms with van der Waals surface area (Å²) in [5.74, 6) is 0. The molecule has 1 aliphatic carbocycles. The van der Waals surface area contributed by atoms with Crippen molar-refractivity contribution in [3.63, 3.8) is 0 Å². The molecule has 1 aliphatic rings. The standard InChI is InChI=1S/C12H18N2S/c1-8-6-9(2)14-12(7-8)15-11-5-3-4-10(11)13/h6-7,10-11H,3-5,13H2,1-2H3. The number of aryl methyl sites for hydroxylation is 2. The van der Waals surface area contributed by atoms with Gasteiger partial charge in [0.1, 0.15) is 0 Å². The van der Waals surface area contributed by atoms with E-state index in [0.717, 1.165) is 10.7 Å². The second kappa shape index (κ2) is 4.54. The second-order valence-electron chi connectivity index (χ2n) is 4.38. The first kappa shape index (κ1) is 11.0. The van der Waals surface area contributed by atoms with Gasteiger partial charge in [0.05, 0.1) is 5.03 Å². The molecule has 0 aliphatic heterocycles. The molecule has 1 aromatic rings. The molecular formula is C12H18N2S. The molecule has 2 atom stereocenters. The minimum absolute atomic E-state index is 0.359. The van der Waals surface area contributed by atoms with Gasteiger partial charge in [0.25, 0.3) is 0 Å². The van der Waals surface area contributed by atoms with Gasteiger partial charge in [-0.1, -0.05) is 6.42 Å². The topological polar surface area (TPSA) is 38.9 Å². The molecule has 2 nitrogen and oxygen atoms in total. The van der Waals surface area contributed by atoms with E-state index in [1.54, 1.807) is 0 Å². The number of rotatable bonds is 2. The maximum atomic E-state index is 6.05. The van der Waals surface area contributed by atoms with E-state index in [1.165, 1.54) is 24.8 Å². The van der Waals surface area contributed by atoms with Crippen LogP contribution >= 0.6 is 11.8 Å². The summed E-state index contributed by atoms with van der Waals surface area (Å²) >= 11 is 1.85.